The third-order valence-corrected chi connectivity index (χ3v) is 0.936. The third-order valence-electron chi connectivity index (χ3n) is 0.936. The van der Waals surface area contributed by atoms with Gasteiger partial charge in [-0.3, -0.25) is 0 Å². The van der Waals surface area contributed by atoms with Crippen molar-refractivity contribution in [3.05, 3.63) is 12.7 Å². The topological polar surface area (TPSA) is 3.01 Å². The highest BCUT2D eigenvalue weighted by molar-refractivity contribution is 5.64. The van der Waals surface area contributed by atoms with Crippen LogP contribution < -0.4 is 0 Å². The second-order valence-electron chi connectivity index (χ2n) is 1.87. The van der Waals surface area contributed by atoms with Gasteiger partial charge in [0.1, 0.15) is 13.6 Å². The van der Waals surface area contributed by atoms with Crippen molar-refractivity contribution in [3.8, 4) is 0 Å². The van der Waals surface area contributed by atoms with E-state index < -0.39 is 0 Å². The van der Waals surface area contributed by atoms with Crippen LogP contribution in [0, 0.1) is 0 Å². The van der Waals surface area contributed by atoms with E-state index in [2.05, 4.69) is 18.1 Å². The smallest absolute Gasteiger partial charge is 0.162 e. The van der Waals surface area contributed by atoms with Crippen molar-refractivity contribution in [2.75, 3.05) is 13.6 Å². The van der Waals surface area contributed by atoms with Crippen molar-refractivity contribution in [2.45, 2.75) is 13.3 Å². The molecule has 0 aliphatic carbocycles. The van der Waals surface area contributed by atoms with Crippen molar-refractivity contribution >= 4 is 6.21 Å². The first-order valence-electron chi connectivity index (χ1n) is 2.97. The molecule has 0 bridgehead atoms. The highest BCUT2D eigenvalue weighted by Gasteiger charge is 1.86. The van der Waals surface area contributed by atoms with Gasteiger partial charge in [-0.05, 0) is 6.08 Å². The molecule has 1 nitrogen and oxygen atoms in total. The zero-order valence-corrected chi connectivity index (χ0v) is 5.72. The molecule has 0 rings (SSSR count). The van der Waals surface area contributed by atoms with Crippen LogP contribution in [0.25, 0.3) is 0 Å². The second kappa shape index (κ2) is 4.57. The molecule has 1 heteroatoms. The largest absolute Gasteiger partial charge is 0.239 e. The molecule has 46 valence electrons. The van der Waals surface area contributed by atoms with Gasteiger partial charge in [-0.1, -0.05) is 13.5 Å². The summed E-state index contributed by atoms with van der Waals surface area (Å²) in [5.74, 6) is 0. The Morgan fingerprint density at radius 3 is 2.62 bits per heavy atom. The lowest BCUT2D eigenvalue weighted by Crippen LogP contribution is -2.05. The molecular formula is C7H14N+. The predicted octanol–water partition coefficient (Wildman–Crippen LogP) is 1.30. The van der Waals surface area contributed by atoms with E-state index in [9.17, 15) is 0 Å². The van der Waals surface area contributed by atoms with Gasteiger partial charge in [-0.2, -0.15) is 0 Å². The number of hydrogen-bond donors (Lipinski definition) is 0. The highest BCUT2D eigenvalue weighted by Crippen LogP contribution is 1.73. The SMILES string of the molecule is C=CC=[N+](C)CCC. The van der Waals surface area contributed by atoms with Crippen LogP contribution in [0.2, 0.25) is 0 Å². The Morgan fingerprint density at radius 2 is 2.25 bits per heavy atom. The molecule has 0 unspecified atom stereocenters. The van der Waals surface area contributed by atoms with Gasteiger partial charge in [-0.15, -0.1) is 0 Å². The third kappa shape index (κ3) is 3.59. The summed E-state index contributed by atoms with van der Waals surface area (Å²) in [5.41, 5.74) is 0. The highest BCUT2D eigenvalue weighted by atomic mass is 14.9. The summed E-state index contributed by atoms with van der Waals surface area (Å²) in [5, 5.41) is 0. The molecule has 0 aliphatic rings. The minimum Gasteiger partial charge on any atom is -0.239 e. The van der Waals surface area contributed by atoms with Crippen LogP contribution in [0.15, 0.2) is 12.7 Å². The molecule has 0 radical (unpaired) electrons. The predicted molar refractivity (Wildman–Crippen MR) is 37.6 cm³/mol. The quantitative estimate of drug-likeness (QED) is 0.382. The molecule has 0 heterocycles. The Morgan fingerprint density at radius 1 is 1.62 bits per heavy atom. The summed E-state index contributed by atoms with van der Waals surface area (Å²) >= 11 is 0. The van der Waals surface area contributed by atoms with E-state index in [0.29, 0.717) is 0 Å². The van der Waals surface area contributed by atoms with Gasteiger partial charge in [-0.25, -0.2) is 4.58 Å². The average Bonchev–Trinajstić information content (AvgIpc) is 1.68. The Bertz CT molecular complexity index is 92.6. The normalized spacial score (nSPS) is 11.5. The fraction of sp³-hybridized carbons (Fsp3) is 0.571. The molecular weight excluding hydrogens is 98.1 g/mol. The fourth-order valence-corrected chi connectivity index (χ4v) is 0.607. The van der Waals surface area contributed by atoms with Crippen LogP contribution in [0.5, 0.6) is 0 Å². The molecule has 0 N–H and O–H groups in total. The summed E-state index contributed by atoms with van der Waals surface area (Å²) in [7, 11) is 2.05. The number of allylic oxidation sites excluding steroid dienone is 1. The van der Waals surface area contributed by atoms with E-state index in [-0.39, 0.29) is 0 Å². The number of nitrogens with zero attached hydrogens (tertiary/aromatic N) is 1. The molecule has 0 aliphatic heterocycles. The van der Waals surface area contributed by atoms with Gasteiger partial charge in [0.2, 0.25) is 0 Å². The monoisotopic (exact) mass is 112 g/mol. The van der Waals surface area contributed by atoms with Crippen LogP contribution in [0.3, 0.4) is 0 Å². The summed E-state index contributed by atoms with van der Waals surface area (Å²) in [6.07, 6.45) is 4.97. The summed E-state index contributed by atoms with van der Waals surface area (Å²) < 4.78 is 2.12. The van der Waals surface area contributed by atoms with Crippen molar-refractivity contribution in [1.82, 2.24) is 0 Å². The van der Waals surface area contributed by atoms with Gasteiger partial charge in [0.25, 0.3) is 0 Å². The Hall–Kier alpha value is -0.590. The first kappa shape index (κ1) is 7.41. The van der Waals surface area contributed by atoms with E-state index in [4.69, 9.17) is 0 Å². The minimum absolute atomic E-state index is 1.12. The van der Waals surface area contributed by atoms with E-state index in [0.717, 1.165) is 6.54 Å². The Balaban J connectivity index is 3.44. The summed E-state index contributed by atoms with van der Waals surface area (Å²) in [6.45, 7) is 6.86. The molecule has 0 spiro atoms. The van der Waals surface area contributed by atoms with Crippen LogP contribution in [-0.4, -0.2) is 24.4 Å². The van der Waals surface area contributed by atoms with Gasteiger partial charge in [0.15, 0.2) is 6.21 Å². The number of rotatable bonds is 3. The van der Waals surface area contributed by atoms with Crippen molar-refractivity contribution < 1.29 is 4.58 Å². The van der Waals surface area contributed by atoms with E-state index in [1.807, 2.05) is 13.3 Å². The Kier molecular flexibility index (Phi) is 4.23. The van der Waals surface area contributed by atoms with E-state index in [1.165, 1.54) is 6.42 Å². The van der Waals surface area contributed by atoms with Crippen molar-refractivity contribution in [1.29, 1.82) is 0 Å². The van der Waals surface area contributed by atoms with E-state index in [1.54, 1.807) is 6.08 Å². The van der Waals surface area contributed by atoms with Gasteiger partial charge in [0, 0.05) is 6.42 Å². The van der Waals surface area contributed by atoms with Crippen LogP contribution >= 0.6 is 0 Å². The lowest BCUT2D eigenvalue weighted by atomic mass is 10.5. The van der Waals surface area contributed by atoms with Gasteiger partial charge < -0.3 is 0 Å². The maximum Gasteiger partial charge on any atom is 0.162 e. The fourth-order valence-electron chi connectivity index (χ4n) is 0.607. The molecule has 0 amide bonds. The Labute approximate surface area is 51.3 Å². The first-order chi connectivity index (χ1) is 3.81. The molecule has 8 heavy (non-hydrogen) atoms. The van der Waals surface area contributed by atoms with E-state index >= 15 is 0 Å². The molecule has 0 atom stereocenters. The zero-order chi connectivity index (χ0) is 6.41. The average molecular weight is 112 g/mol. The van der Waals surface area contributed by atoms with Crippen LogP contribution in [0.4, 0.5) is 0 Å². The lowest BCUT2D eigenvalue weighted by Gasteiger charge is -1.88. The maximum atomic E-state index is 3.59. The molecule has 0 saturated heterocycles. The zero-order valence-electron chi connectivity index (χ0n) is 5.72. The van der Waals surface area contributed by atoms with Crippen molar-refractivity contribution in [2.24, 2.45) is 0 Å². The molecule has 0 saturated carbocycles. The van der Waals surface area contributed by atoms with Crippen molar-refractivity contribution in [3.63, 3.8) is 0 Å². The van der Waals surface area contributed by atoms with Gasteiger partial charge >= 0.3 is 0 Å². The van der Waals surface area contributed by atoms with Crippen LogP contribution in [-0.2, 0) is 0 Å². The lowest BCUT2D eigenvalue weighted by molar-refractivity contribution is -0.491. The molecule has 0 fully saturated rings. The summed E-state index contributed by atoms with van der Waals surface area (Å²) in [6, 6.07) is 0. The maximum absolute atomic E-state index is 3.59. The first-order valence-corrected chi connectivity index (χ1v) is 2.97. The van der Waals surface area contributed by atoms with Crippen LogP contribution in [0.1, 0.15) is 13.3 Å². The minimum atomic E-state index is 1.12. The second-order valence-corrected chi connectivity index (χ2v) is 1.87. The number of hydrogen-bond acceptors (Lipinski definition) is 0. The molecule has 0 aromatic rings. The molecule has 0 aromatic heterocycles. The standard InChI is InChI=1S/C7H14N/c1-4-6-8(3)7-5-2/h4,6H,1,5,7H2,2-3H3/q+1. The summed E-state index contributed by atoms with van der Waals surface area (Å²) in [4.78, 5) is 0. The molecule has 0 aromatic carbocycles. The van der Waals surface area contributed by atoms with Gasteiger partial charge in [0.05, 0.1) is 0 Å².